The number of aromatic amines is 2. The van der Waals surface area contributed by atoms with E-state index in [2.05, 4.69) is 69.9 Å². The van der Waals surface area contributed by atoms with E-state index in [1.54, 1.807) is 57.9 Å². The molecule has 4 aliphatic rings. The zero-order valence-electron chi connectivity index (χ0n) is 35.3. The van der Waals surface area contributed by atoms with Crippen molar-refractivity contribution in [2.45, 2.75) is 55.5 Å². The Kier molecular flexibility index (Phi) is 13.3. The summed E-state index contributed by atoms with van der Waals surface area (Å²) in [5.74, 6) is 1.18. The molecule has 20 heteroatoms. The molecule has 2 aromatic carbocycles. The highest BCUT2D eigenvalue weighted by molar-refractivity contribution is 6.02. The second-order valence-electron chi connectivity index (χ2n) is 15.4. The summed E-state index contributed by atoms with van der Waals surface area (Å²) in [5, 5.41) is 16.5. The fourth-order valence-electron chi connectivity index (χ4n) is 7.49. The van der Waals surface area contributed by atoms with Crippen molar-refractivity contribution < 1.29 is 33.4 Å². The summed E-state index contributed by atoms with van der Waals surface area (Å²) in [5.41, 5.74) is 8.96. The molecule has 3 amide bonds. The van der Waals surface area contributed by atoms with E-state index in [9.17, 15) is 19.2 Å². The zero-order chi connectivity index (χ0) is 44.1. The lowest BCUT2D eigenvalue weighted by Crippen LogP contribution is -2.49. The highest BCUT2D eigenvalue weighted by Gasteiger charge is 2.50. The molecule has 6 aromatic rings. The molecule has 2 saturated carbocycles. The second kappa shape index (κ2) is 19.0. The average Bonchev–Trinajstić information content (AvgIpc) is 4.22. The SMILES string of the molecule is CCOC(=O)c1n[nH]c(C2(c3ccccc3)CC2)n1.CN1C(=O)[C@@H](N)COc2cnccc21.CN1C(=O)[C@@H](NC(=O)c2n[nH]c(C3(c4ccccc4)CC3)n2)COc2cnccc21.Cl. The topological polar surface area (TPSA) is 249 Å². The molecule has 0 unspecified atom stereocenters. The molecule has 2 atom stereocenters. The summed E-state index contributed by atoms with van der Waals surface area (Å²) in [4.78, 5) is 68.4. The first-order valence-electron chi connectivity index (χ1n) is 20.4. The molecule has 0 radical (unpaired) electrons. The summed E-state index contributed by atoms with van der Waals surface area (Å²) in [7, 11) is 3.31. The van der Waals surface area contributed by atoms with E-state index < -0.39 is 24.0 Å². The highest BCUT2D eigenvalue weighted by atomic mass is 35.5. The molecule has 6 heterocycles. The maximum absolute atomic E-state index is 12.8. The van der Waals surface area contributed by atoms with Crippen molar-refractivity contribution >= 4 is 47.5 Å². The van der Waals surface area contributed by atoms with E-state index in [1.165, 1.54) is 15.4 Å². The Labute approximate surface area is 373 Å². The summed E-state index contributed by atoms with van der Waals surface area (Å²) in [6.45, 7) is 2.28. The number of likely N-dealkylation sites (N-methyl/N-ethyl adjacent to an activating group) is 2. The normalized spacial score (nSPS) is 18.5. The number of nitrogens with zero attached hydrogens (tertiary/aromatic N) is 8. The largest absolute Gasteiger partial charge is 0.488 e. The molecule has 0 saturated heterocycles. The van der Waals surface area contributed by atoms with E-state index in [-0.39, 0.29) is 59.9 Å². The number of ether oxygens (including phenoxy) is 3. The summed E-state index contributed by atoms with van der Waals surface area (Å²) in [6, 6.07) is 22.2. The number of hydrogen-bond acceptors (Lipinski definition) is 14. The number of pyridine rings is 2. The van der Waals surface area contributed by atoms with Gasteiger partial charge in [0.05, 0.1) is 41.2 Å². The molecule has 4 aromatic heterocycles. The first-order chi connectivity index (χ1) is 30.5. The van der Waals surface area contributed by atoms with Gasteiger partial charge in [0.1, 0.15) is 36.9 Å². The molecular formula is C44H47ClN12O7. The monoisotopic (exact) mass is 890 g/mol. The number of halogens is 1. The Morgan fingerprint density at radius 3 is 1.75 bits per heavy atom. The number of esters is 1. The van der Waals surface area contributed by atoms with Crippen molar-refractivity contribution in [1.29, 1.82) is 0 Å². The molecule has 2 aliphatic carbocycles. The van der Waals surface area contributed by atoms with Crippen molar-refractivity contribution in [2.75, 3.05) is 43.7 Å². The number of carbonyl (C=O) groups excluding carboxylic acids is 4. The molecule has 2 fully saturated rings. The van der Waals surface area contributed by atoms with Crippen molar-refractivity contribution in [3.05, 3.63) is 132 Å². The van der Waals surface area contributed by atoms with Crippen LogP contribution in [-0.2, 0) is 25.2 Å². The molecule has 2 aliphatic heterocycles. The maximum Gasteiger partial charge on any atom is 0.378 e. The fourth-order valence-corrected chi connectivity index (χ4v) is 7.49. The van der Waals surface area contributed by atoms with Gasteiger partial charge in [-0.25, -0.2) is 14.8 Å². The number of amides is 3. The fraction of sp³-hybridized carbons (Fsp3) is 0.318. The van der Waals surface area contributed by atoms with Gasteiger partial charge in [-0.3, -0.25) is 34.5 Å². The van der Waals surface area contributed by atoms with Crippen LogP contribution in [0.4, 0.5) is 11.4 Å². The first-order valence-corrected chi connectivity index (χ1v) is 20.4. The Hall–Kier alpha value is -7.25. The lowest BCUT2D eigenvalue weighted by Gasteiger charge is -2.19. The summed E-state index contributed by atoms with van der Waals surface area (Å²) >= 11 is 0. The van der Waals surface area contributed by atoms with Gasteiger partial charge in [-0.05, 0) is 55.9 Å². The van der Waals surface area contributed by atoms with Gasteiger partial charge < -0.3 is 35.1 Å². The van der Waals surface area contributed by atoms with Gasteiger partial charge in [0.15, 0.2) is 11.5 Å². The van der Waals surface area contributed by atoms with Crippen molar-refractivity contribution in [3.8, 4) is 11.5 Å². The van der Waals surface area contributed by atoms with Crippen LogP contribution in [0.1, 0.15) is 76.6 Å². The minimum absolute atomic E-state index is 0. The number of fused-ring (bicyclic) bond motifs is 2. The highest BCUT2D eigenvalue weighted by Crippen LogP contribution is 2.53. The first kappa shape index (κ1) is 44.8. The molecule has 332 valence electrons. The smallest absolute Gasteiger partial charge is 0.378 e. The number of nitrogens with two attached hydrogens (primary N) is 1. The van der Waals surface area contributed by atoms with Crippen LogP contribution in [-0.4, -0.2) is 110 Å². The minimum atomic E-state index is -0.860. The Balaban J connectivity index is 0.000000155. The van der Waals surface area contributed by atoms with Crippen molar-refractivity contribution in [3.63, 3.8) is 0 Å². The molecule has 10 rings (SSSR count). The number of benzene rings is 2. The quantitative estimate of drug-likeness (QED) is 0.159. The third kappa shape index (κ3) is 9.11. The van der Waals surface area contributed by atoms with E-state index in [0.717, 1.165) is 37.1 Å². The lowest BCUT2D eigenvalue weighted by molar-refractivity contribution is -0.120. The van der Waals surface area contributed by atoms with Crippen LogP contribution >= 0.6 is 12.4 Å². The van der Waals surface area contributed by atoms with Gasteiger partial charge in [0, 0.05) is 26.5 Å². The van der Waals surface area contributed by atoms with Crippen LogP contribution in [0.3, 0.4) is 0 Å². The Morgan fingerprint density at radius 1 is 0.750 bits per heavy atom. The third-order valence-corrected chi connectivity index (χ3v) is 11.3. The van der Waals surface area contributed by atoms with Crippen LogP contribution in [0.2, 0.25) is 0 Å². The third-order valence-electron chi connectivity index (χ3n) is 11.3. The van der Waals surface area contributed by atoms with Crippen LogP contribution in [0.5, 0.6) is 11.5 Å². The predicted octanol–water partition coefficient (Wildman–Crippen LogP) is 3.68. The lowest BCUT2D eigenvalue weighted by atomic mass is 9.95. The van der Waals surface area contributed by atoms with Crippen molar-refractivity contribution in [1.82, 2.24) is 45.6 Å². The summed E-state index contributed by atoms with van der Waals surface area (Å²) < 4.78 is 15.9. The molecule has 5 N–H and O–H groups in total. The number of nitrogens with one attached hydrogen (secondary N) is 3. The molecular weight excluding hydrogens is 844 g/mol. The van der Waals surface area contributed by atoms with Crippen LogP contribution in [0.25, 0.3) is 0 Å². The van der Waals surface area contributed by atoms with Crippen molar-refractivity contribution in [2.24, 2.45) is 5.73 Å². The van der Waals surface area contributed by atoms with E-state index in [4.69, 9.17) is 19.9 Å². The number of aromatic nitrogens is 8. The standard InChI is InChI=1S/C21H20N6O3.C14H15N3O2.C9H11N3O2.ClH/c1-27-15-7-10-22-11-16(15)30-12-14(19(27)29)23-18(28)17-24-20(26-25-17)21(8-9-21)13-5-3-2-4-6-13;1-2-19-12(18)11-15-13(17-16-11)14(8-9-14)10-6-4-3-5-7-10;1-12-7-2-3-11-4-8(7)14-5-6(10)9(12)13;/h2-7,10-11,14H,8-9,12H2,1H3,(H,23,28)(H,24,25,26);3-7H,2,8-9H2,1H3,(H,15,16,17);2-4,6H,5,10H2,1H3;1H/t14-;;6-;/m0.0./s1. The summed E-state index contributed by atoms with van der Waals surface area (Å²) in [6.07, 6.45) is 10.3. The minimum Gasteiger partial charge on any atom is -0.488 e. The van der Waals surface area contributed by atoms with E-state index in [1.807, 2.05) is 36.4 Å². The van der Waals surface area contributed by atoms with Gasteiger partial charge in [-0.2, -0.15) is 0 Å². The van der Waals surface area contributed by atoms with Gasteiger partial charge in [0.2, 0.25) is 11.7 Å². The van der Waals surface area contributed by atoms with E-state index in [0.29, 0.717) is 35.3 Å². The van der Waals surface area contributed by atoms with Gasteiger partial charge in [-0.1, -0.05) is 60.7 Å². The molecule has 19 nitrogen and oxygen atoms in total. The maximum atomic E-state index is 12.8. The van der Waals surface area contributed by atoms with Gasteiger partial charge >= 0.3 is 5.97 Å². The number of hydrogen-bond donors (Lipinski definition) is 4. The average molecular weight is 891 g/mol. The van der Waals surface area contributed by atoms with Crippen LogP contribution in [0.15, 0.2) is 97.6 Å². The molecule has 0 bridgehead atoms. The van der Waals surface area contributed by atoms with Gasteiger partial charge in [0.25, 0.3) is 17.6 Å². The number of rotatable bonds is 8. The number of H-pyrrole nitrogens is 2. The molecule has 0 spiro atoms. The number of anilines is 2. The zero-order valence-corrected chi connectivity index (χ0v) is 36.1. The second-order valence-corrected chi connectivity index (χ2v) is 15.4. The Bertz CT molecular complexity index is 2600. The number of carbonyl (C=O) groups is 4. The van der Waals surface area contributed by atoms with Gasteiger partial charge in [-0.15, -0.1) is 22.6 Å². The van der Waals surface area contributed by atoms with Crippen LogP contribution < -0.4 is 30.3 Å². The Morgan fingerprint density at radius 2 is 1.23 bits per heavy atom. The predicted molar refractivity (Wildman–Crippen MR) is 234 cm³/mol. The van der Waals surface area contributed by atoms with E-state index >= 15 is 0 Å². The molecule has 64 heavy (non-hydrogen) atoms. The van der Waals surface area contributed by atoms with Crippen LogP contribution in [0, 0.1) is 0 Å².